The Hall–Kier alpha value is -3.55. The van der Waals surface area contributed by atoms with Crippen molar-refractivity contribution in [3.8, 4) is 11.4 Å². The van der Waals surface area contributed by atoms with Gasteiger partial charge >= 0.3 is 0 Å². The molecule has 29 heavy (non-hydrogen) atoms. The maximum atomic E-state index is 12.3. The maximum Gasteiger partial charge on any atom is 0.248 e. The standard InChI is InChI=1S/C21H24N6O2/c1-3-7-19(28)23-18-9-6-5-8-17(18)21-24-26-27(25-21)14-20(29)22-16-12-10-15(4-2)11-13-16/h5-6,8-13H,3-4,7,14H2,1-2H3,(H,22,29)(H,23,28). The Labute approximate surface area is 169 Å². The van der Waals surface area contributed by atoms with Crippen molar-refractivity contribution >= 4 is 23.2 Å². The van der Waals surface area contributed by atoms with E-state index in [-0.39, 0.29) is 18.4 Å². The van der Waals surface area contributed by atoms with E-state index < -0.39 is 0 Å². The number of carbonyl (C=O) groups excluding carboxylic acids is 2. The zero-order valence-electron chi connectivity index (χ0n) is 16.6. The molecule has 2 N–H and O–H groups in total. The van der Waals surface area contributed by atoms with Crippen molar-refractivity contribution in [2.24, 2.45) is 0 Å². The molecule has 2 amide bonds. The molecule has 0 fully saturated rings. The van der Waals surface area contributed by atoms with Gasteiger partial charge in [-0.3, -0.25) is 9.59 Å². The molecule has 1 heterocycles. The number of anilines is 2. The summed E-state index contributed by atoms with van der Waals surface area (Å²) in [6.45, 7) is 3.96. The quantitative estimate of drug-likeness (QED) is 0.612. The second kappa shape index (κ2) is 9.59. The highest BCUT2D eigenvalue weighted by Gasteiger charge is 2.14. The molecule has 0 aliphatic heterocycles. The Bertz CT molecular complexity index is 981. The van der Waals surface area contributed by atoms with Crippen molar-refractivity contribution in [1.82, 2.24) is 20.2 Å². The first-order valence-corrected chi connectivity index (χ1v) is 9.65. The maximum absolute atomic E-state index is 12.3. The van der Waals surface area contributed by atoms with Crippen molar-refractivity contribution in [2.45, 2.75) is 39.7 Å². The zero-order valence-corrected chi connectivity index (χ0v) is 16.6. The minimum atomic E-state index is -0.247. The summed E-state index contributed by atoms with van der Waals surface area (Å²) in [6, 6.07) is 14.9. The van der Waals surface area contributed by atoms with Crippen molar-refractivity contribution in [3.63, 3.8) is 0 Å². The monoisotopic (exact) mass is 392 g/mol. The first-order valence-electron chi connectivity index (χ1n) is 9.65. The van der Waals surface area contributed by atoms with E-state index >= 15 is 0 Å². The lowest BCUT2D eigenvalue weighted by atomic mass is 10.1. The molecule has 0 atom stereocenters. The number of benzene rings is 2. The molecule has 0 radical (unpaired) electrons. The number of nitrogens with one attached hydrogen (secondary N) is 2. The molecule has 3 rings (SSSR count). The molecule has 0 spiro atoms. The van der Waals surface area contributed by atoms with Gasteiger partial charge in [0.25, 0.3) is 0 Å². The second-order valence-corrected chi connectivity index (χ2v) is 6.59. The van der Waals surface area contributed by atoms with Gasteiger partial charge in [0.15, 0.2) is 0 Å². The van der Waals surface area contributed by atoms with Crippen molar-refractivity contribution < 1.29 is 9.59 Å². The van der Waals surface area contributed by atoms with Gasteiger partial charge in [-0.25, -0.2) is 0 Å². The van der Waals surface area contributed by atoms with Crippen molar-refractivity contribution in [3.05, 3.63) is 54.1 Å². The Morgan fingerprint density at radius 3 is 2.45 bits per heavy atom. The molecule has 0 saturated heterocycles. The fourth-order valence-electron chi connectivity index (χ4n) is 2.80. The number of nitrogens with zero attached hydrogens (tertiary/aromatic N) is 4. The first-order chi connectivity index (χ1) is 14.1. The van der Waals surface area contributed by atoms with Crippen LogP contribution in [0.15, 0.2) is 48.5 Å². The first kappa shape index (κ1) is 20.2. The summed E-state index contributed by atoms with van der Waals surface area (Å²) in [6.07, 6.45) is 2.15. The molecule has 8 heteroatoms. The van der Waals surface area contributed by atoms with Gasteiger partial charge in [-0.1, -0.05) is 38.1 Å². The van der Waals surface area contributed by atoms with E-state index in [1.165, 1.54) is 10.4 Å². The predicted octanol–water partition coefficient (Wildman–Crippen LogP) is 3.28. The second-order valence-electron chi connectivity index (χ2n) is 6.59. The molecule has 8 nitrogen and oxygen atoms in total. The molecule has 3 aromatic rings. The Morgan fingerprint density at radius 2 is 1.72 bits per heavy atom. The van der Waals surface area contributed by atoms with E-state index in [1.54, 1.807) is 12.1 Å². The molecular formula is C21H24N6O2. The summed E-state index contributed by atoms with van der Waals surface area (Å²) in [5, 5.41) is 18.0. The van der Waals surface area contributed by atoms with Crippen molar-refractivity contribution in [2.75, 3.05) is 10.6 Å². The molecule has 1 aromatic heterocycles. The lowest BCUT2D eigenvalue weighted by Gasteiger charge is -2.08. The average Bonchev–Trinajstić information content (AvgIpc) is 3.17. The van der Waals surface area contributed by atoms with Crippen LogP contribution < -0.4 is 10.6 Å². The van der Waals surface area contributed by atoms with Crippen LogP contribution in [0.25, 0.3) is 11.4 Å². The lowest BCUT2D eigenvalue weighted by Crippen LogP contribution is -2.20. The fraction of sp³-hybridized carbons (Fsp3) is 0.286. The number of hydrogen-bond donors (Lipinski definition) is 2. The van der Waals surface area contributed by atoms with Crippen LogP contribution >= 0.6 is 0 Å². The number of para-hydroxylation sites is 1. The van der Waals surface area contributed by atoms with Gasteiger partial charge in [-0.2, -0.15) is 4.80 Å². The van der Waals surface area contributed by atoms with E-state index in [0.717, 1.165) is 18.5 Å². The average molecular weight is 392 g/mol. The molecule has 2 aromatic carbocycles. The van der Waals surface area contributed by atoms with Gasteiger partial charge in [-0.05, 0) is 47.9 Å². The third-order valence-electron chi connectivity index (χ3n) is 4.30. The van der Waals surface area contributed by atoms with Gasteiger partial charge < -0.3 is 10.6 Å². The summed E-state index contributed by atoms with van der Waals surface area (Å²) in [5.74, 6) is 0.0287. The Morgan fingerprint density at radius 1 is 0.966 bits per heavy atom. The van der Waals surface area contributed by atoms with Crippen LogP contribution in [-0.2, 0) is 22.6 Å². The van der Waals surface area contributed by atoms with E-state index in [2.05, 4.69) is 33.0 Å². The molecule has 0 aliphatic carbocycles. The summed E-state index contributed by atoms with van der Waals surface area (Å²) in [5.41, 5.74) is 3.19. The van der Waals surface area contributed by atoms with Crippen LogP contribution in [0.3, 0.4) is 0 Å². The van der Waals surface area contributed by atoms with Gasteiger partial charge in [0.2, 0.25) is 17.6 Å². The number of rotatable bonds is 8. The topological polar surface area (TPSA) is 102 Å². The highest BCUT2D eigenvalue weighted by Crippen LogP contribution is 2.24. The number of aromatic nitrogens is 4. The number of aryl methyl sites for hydroxylation is 1. The van der Waals surface area contributed by atoms with Crippen LogP contribution in [0.4, 0.5) is 11.4 Å². The van der Waals surface area contributed by atoms with Crippen LogP contribution in [-0.4, -0.2) is 32.0 Å². The number of tetrazole rings is 1. The molecule has 0 aliphatic rings. The number of amides is 2. The minimum absolute atomic E-state index is 0.0626. The summed E-state index contributed by atoms with van der Waals surface area (Å²) >= 11 is 0. The normalized spacial score (nSPS) is 10.6. The third kappa shape index (κ3) is 5.47. The largest absolute Gasteiger partial charge is 0.325 e. The van der Waals surface area contributed by atoms with Crippen LogP contribution in [0.2, 0.25) is 0 Å². The molecule has 0 bridgehead atoms. The molecule has 0 saturated carbocycles. The zero-order chi connectivity index (χ0) is 20.6. The van der Waals surface area contributed by atoms with Crippen LogP contribution in [0.5, 0.6) is 0 Å². The highest BCUT2D eigenvalue weighted by molar-refractivity contribution is 5.94. The van der Waals surface area contributed by atoms with E-state index in [9.17, 15) is 9.59 Å². The van der Waals surface area contributed by atoms with Gasteiger partial charge in [0.05, 0.1) is 5.69 Å². The summed E-state index contributed by atoms with van der Waals surface area (Å²) in [4.78, 5) is 25.4. The van der Waals surface area contributed by atoms with Gasteiger partial charge in [0, 0.05) is 17.7 Å². The SMILES string of the molecule is CCCC(=O)Nc1ccccc1-c1nnn(CC(=O)Nc2ccc(CC)cc2)n1. The minimum Gasteiger partial charge on any atom is -0.325 e. The summed E-state index contributed by atoms with van der Waals surface area (Å²) in [7, 11) is 0. The summed E-state index contributed by atoms with van der Waals surface area (Å²) < 4.78 is 0. The molecule has 0 unspecified atom stereocenters. The van der Waals surface area contributed by atoms with E-state index in [1.807, 2.05) is 43.3 Å². The predicted molar refractivity (Wildman–Crippen MR) is 111 cm³/mol. The fourth-order valence-corrected chi connectivity index (χ4v) is 2.80. The van der Waals surface area contributed by atoms with Gasteiger partial charge in [-0.15, -0.1) is 10.2 Å². The third-order valence-corrected chi connectivity index (χ3v) is 4.30. The van der Waals surface area contributed by atoms with Gasteiger partial charge in [0.1, 0.15) is 6.54 Å². The number of hydrogen-bond acceptors (Lipinski definition) is 5. The number of carbonyl (C=O) groups is 2. The van der Waals surface area contributed by atoms with E-state index in [4.69, 9.17) is 0 Å². The lowest BCUT2D eigenvalue weighted by molar-refractivity contribution is -0.117. The Balaban J connectivity index is 1.67. The highest BCUT2D eigenvalue weighted by atomic mass is 16.2. The smallest absolute Gasteiger partial charge is 0.248 e. The van der Waals surface area contributed by atoms with E-state index in [0.29, 0.717) is 23.5 Å². The molecule has 150 valence electrons. The Kier molecular flexibility index (Phi) is 6.67. The van der Waals surface area contributed by atoms with Crippen molar-refractivity contribution in [1.29, 1.82) is 0 Å². The van der Waals surface area contributed by atoms with Crippen LogP contribution in [0, 0.1) is 0 Å². The van der Waals surface area contributed by atoms with Crippen LogP contribution in [0.1, 0.15) is 32.3 Å². The molecular weight excluding hydrogens is 368 g/mol.